The van der Waals surface area contributed by atoms with Gasteiger partial charge in [0.25, 0.3) is 0 Å². The van der Waals surface area contributed by atoms with Gasteiger partial charge in [-0.25, -0.2) is 4.79 Å². The molecule has 27 heavy (non-hydrogen) atoms. The van der Waals surface area contributed by atoms with Crippen molar-refractivity contribution in [2.45, 2.75) is 70.8 Å². The summed E-state index contributed by atoms with van der Waals surface area (Å²) in [5.74, 6) is -0.138. The average molecular weight is 396 g/mol. The molecular formula is C21H33NO4S. The molecule has 5 nitrogen and oxygen atoms in total. The number of carboxylic acids is 1. The fourth-order valence-corrected chi connectivity index (χ4v) is 3.89. The molecule has 0 bridgehead atoms. The Labute approximate surface area is 167 Å². The van der Waals surface area contributed by atoms with Crippen LogP contribution in [0.15, 0.2) is 30.3 Å². The highest BCUT2D eigenvalue weighted by molar-refractivity contribution is 8.01. The van der Waals surface area contributed by atoms with Crippen molar-refractivity contribution in [3.8, 4) is 0 Å². The summed E-state index contributed by atoms with van der Waals surface area (Å²) in [6.07, 6.45) is 0.838. The molecule has 0 aliphatic rings. The van der Waals surface area contributed by atoms with Gasteiger partial charge in [0.15, 0.2) is 0 Å². The Hall–Kier alpha value is -1.69. The Morgan fingerprint density at radius 1 is 1.19 bits per heavy atom. The number of rotatable bonds is 9. The van der Waals surface area contributed by atoms with Crippen LogP contribution >= 0.6 is 11.8 Å². The minimum Gasteiger partial charge on any atom is -0.480 e. The number of carbonyl (C=O) groups is 2. The zero-order chi connectivity index (χ0) is 20.7. The van der Waals surface area contributed by atoms with Crippen LogP contribution in [0.5, 0.6) is 0 Å². The van der Waals surface area contributed by atoms with Crippen molar-refractivity contribution in [1.29, 1.82) is 0 Å². The van der Waals surface area contributed by atoms with Gasteiger partial charge >= 0.3 is 12.1 Å². The van der Waals surface area contributed by atoms with Crippen molar-refractivity contribution in [3.63, 3.8) is 0 Å². The molecule has 152 valence electrons. The standard InChI is InChI=1S/C21H33NO4S/c1-7-15(2)17(22-19(25)26-20(3,4)5)14-27-21(6,18(23)24)13-16-11-9-8-10-12-16/h8-12,15,17H,7,13-14H2,1-6H3,(H,22,25)(H,23,24)/t15-,17?,21-/m0/s1. The number of nitrogens with one attached hydrogen (secondary N) is 1. The van der Waals surface area contributed by atoms with Crippen LogP contribution < -0.4 is 5.32 Å². The van der Waals surface area contributed by atoms with E-state index in [-0.39, 0.29) is 12.0 Å². The van der Waals surface area contributed by atoms with Gasteiger partial charge < -0.3 is 15.2 Å². The summed E-state index contributed by atoms with van der Waals surface area (Å²) in [5, 5.41) is 12.7. The molecule has 0 saturated heterocycles. The van der Waals surface area contributed by atoms with Crippen LogP contribution in [0.4, 0.5) is 4.79 Å². The molecule has 1 rings (SSSR count). The second-order valence-electron chi connectivity index (χ2n) is 8.15. The van der Waals surface area contributed by atoms with Crippen LogP contribution in [0.3, 0.4) is 0 Å². The minimum atomic E-state index is -0.970. The summed E-state index contributed by atoms with van der Waals surface area (Å²) in [6.45, 7) is 11.3. The summed E-state index contributed by atoms with van der Waals surface area (Å²) in [6, 6.07) is 9.45. The highest BCUT2D eigenvalue weighted by Gasteiger charge is 2.35. The van der Waals surface area contributed by atoms with Crippen molar-refractivity contribution in [3.05, 3.63) is 35.9 Å². The van der Waals surface area contributed by atoms with E-state index in [4.69, 9.17) is 4.74 Å². The largest absolute Gasteiger partial charge is 0.480 e. The number of amides is 1. The first-order chi connectivity index (χ1) is 12.5. The third-order valence-corrected chi connectivity index (χ3v) is 5.93. The Morgan fingerprint density at radius 2 is 1.78 bits per heavy atom. The van der Waals surface area contributed by atoms with E-state index in [1.807, 2.05) is 51.1 Å². The molecule has 1 aromatic carbocycles. The fourth-order valence-electron chi connectivity index (χ4n) is 2.54. The zero-order valence-corrected chi connectivity index (χ0v) is 18.1. The van der Waals surface area contributed by atoms with Crippen molar-refractivity contribution in [2.24, 2.45) is 5.92 Å². The van der Waals surface area contributed by atoms with Gasteiger partial charge in [0, 0.05) is 11.8 Å². The number of alkyl carbamates (subject to hydrolysis) is 1. The van der Waals surface area contributed by atoms with Gasteiger partial charge in [-0.1, -0.05) is 50.6 Å². The summed E-state index contributed by atoms with van der Waals surface area (Å²) >= 11 is 1.37. The van der Waals surface area contributed by atoms with Gasteiger partial charge in [0.05, 0.1) is 0 Å². The van der Waals surface area contributed by atoms with E-state index in [9.17, 15) is 14.7 Å². The number of carbonyl (C=O) groups excluding carboxylic acids is 1. The molecule has 0 saturated carbocycles. The third-order valence-electron chi connectivity index (χ3n) is 4.45. The molecule has 0 aliphatic heterocycles. The first kappa shape index (κ1) is 23.3. The molecule has 0 radical (unpaired) electrons. The summed E-state index contributed by atoms with van der Waals surface area (Å²) in [5.41, 5.74) is 0.412. The average Bonchev–Trinajstić information content (AvgIpc) is 2.57. The quantitative estimate of drug-likeness (QED) is 0.631. The van der Waals surface area contributed by atoms with Crippen LogP contribution in [0.2, 0.25) is 0 Å². The SMILES string of the molecule is CC[C@H](C)C(CS[C@@](C)(Cc1ccccc1)C(=O)O)NC(=O)OC(C)(C)C. The molecular weight excluding hydrogens is 362 g/mol. The van der Waals surface area contributed by atoms with Crippen LogP contribution in [-0.4, -0.2) is 39.3 Å². The number of ether oxygens (including phenoxy) is 1. The molecule has 6 heteroatoms. The normalized spacial score (nSPS) is 16.1. The molecule has 0 aliphatic carbocycles. The van der Waals surface area contributed by atoms with E-state index >= 15 is 0 Å². The topological polar surface area (TPSA) is 75.6 Å². The number of hydrogen-bond acceptors (Lipinski definition) is 4. The Kier molecular flexibility index (Phi) is 8.66. The number of carboxylic acid groups (broad SMARTS) is 1. The van der Waals surface area contributed by atoms with Gasteiger partial charge in [-0.05, 0) is 45.6 Å². The lowest BCUT2D eigenvalue weighted by Crippen LogP contribution is -2.45. The maximum Gasteiger partial charge on any atom is 0.407 e. The maximum atomic E-state index is 12.2. The molecule has 1 amide bonds. The van der Waals surface area contributed by atoms with E-state index < -0.39 is 22.4 Å². The Bertz CT molecular complexity index is 614. The van der Waals surface area contributed by atoms with Gasteiger partial charge in [0.2, 0.25) is 0 Å². The number of hydrogen-bond donors (Lipinski definition) is 2. The molecule has 1 unspecified atom stereocenters. The number of aliphatic carboxylic acids is 1. The third kappa shape index (κ3) is 8.24. The van der Waals surface area contributed by atoms with Crippen LogP contribution in [0.1, 0.15) is 53.5 Å². The van der Waals surface area contributed by atoms with E-state index in [0.29, 0.717) is 12.2 Å². The van der Waals surface area contributed by atoms with Crippen LogP contribution in [0, 0.1) is 5.92 Å². The summed E-state index contributed by atoms with van der Waals surface area (Å²) in [7, 11) is 0. The molecule has 0 heterocycles. The van der Waals surface area contributed by atoms with Crippen molar-refractivity contribution < 1.29 is 19.4 Å². The van der Waals surface area contributed by atoms with Crippen molar-refractivity contribution in [1.82, 2.24) is 5.32 Å². The lowest BCUT2D eigenvalue weighted by molar-refractivity contribution is -0.139. The van der Waals surface area contributed by atoms with Gasteiger partial charge in [0.1, 0.15) is 10.3 Å². The lowest BCUT2D eigenvalue weighted by Gasteiger charge is -2.30. The number of thioether (sulfide) groups is 1. The second kappa shape index (κ2) is 10.0. The monoisotopic (exact) mass is 395 g/mol. The smallest absolute Gasteiger partial charge is 0.407 e. The number of benzene rings is 1. The summed E-state index contributed by atoms with van der Waals surface area (Å²) in [4.78, 5) is 24.1. The molecule has 0 fully saturated rings. The van der Waals surface area contributed by atoms with Gasteiger partial charge in [-0.3, -0.25) is 4.79 Å². The lowest BCUT2D eigenvalue weighted by atomic mass is 10.0. The zero-order valence-electron chi connectivity index (χ0n) is 17.2. The maximum absolute atomic E-state index is 12.2. The Balaban J connectivity index is 2.83. The van der Waals surface area contributed by atoms with E-state index in [1.165, 1.54) is 11.8 Å². The van der Waals surface area contributed by atoms with E-state index in [2.05, 4.69) is 19.2 Å². The second-order valence-corrected chi connectivity index (χ2v) is 9.67. The fraction of sp³-hybridized carbons (Fsp3) is 0.619. The predicted octanol–water partition coefficient (Wildman–Crippen LogP) is 4.75. The Morgan fingerprint density at radius 3 is 2.26 bits per heavy atom. The van der Waals surface area contributed by atoms with E-state index in [0.717, 1.165) is 12.0 Å². The van der Waals surface area contributed by atoms with Crippen molar-refractivity contribution in [2.75, 3.05) is 5.75 Å². The molecule has 0 aromatic heterocycles. The molecule has 3 atom stereocenters. The van der Waals surface area contributed by atoms with Gasteiger partial charge in [-0.15, -0.1) is 11.8 Å². The minimum absolute atomic E-state index is 0.163. The molecule has 1 aromatic rings. The highest BCUT2D eigenvalue weighted by atomic mass is 32.2. The van der Waals surface area contributed by atoms with E-state index in [1.54, 1.807) is 6.92 Å². The first-order valence-electron chi connectivity index (χ1n) is 9.37. The first-order valence-corrected chi connectivity index (χ1v) is 10.4. The van der Waals surface area contributed by atoms with Crippen LogP contribution in [-0.2, 0) is 16.0 Å². The highest BCUT2D eigenvalue weighted by Crippen LogP contribution is 2.31. The van der Waals surface area contributed by atoms with Gasteiger partial charge in [-0.2, -0.15) is 0 Å². The predicted molar refractivity (Wildman–Crippen MR) is 111 cm³/mol. The molecule has 0 spiro atoms. The summed E-state index contributed by atoms with van der Waals surface area (Å²) < 4.78 is 4.39. The van der Waals surface area contributed by atoms with Crippen LogP contribution in [0.25, 0.3) is 0 Å². The van der Waals surface area contributed by atoms with Crippen molar-refractivity contribution >= 4 is 23.8 Å². The molecule has 2 N–H and O–H groups in total.